The number of halogens is 1. The van der Waals surface area contributed by atoms with Crippen molar-refractivity contribution >= 4 is 33.4 Å². The second-order valence-electron chi connectivity index (χ2n) is 7.71. The number of aryl methyl sites for hydroxylation is 1. The second kappa shape index (κ2) is 7.62. The van der Waals surface area contributed by atoms with E-state index in [0.717, 1.165) is 35.8 Å². The zero-order valence-electron chi connectivity index (χ0n) is 17.3. The summed E-state index contributed by atoms with van der Waals surface area (Å²) in [6, 6.07) is 3.13. The molecule has 5 rings (SSSR count). The molecule has 4 N–H and O–H groups in total. The average molecular weight is 422 g/mol. The average Bonchev–Trinajstić information content (AvgIpc) is 3.39. The Balaban J connectivity index is 1.69. The molecule has 0 unspecified atom stereocenters. The van der Waals surface area contributed by atoms with Crippen LogP contribution in [0.1, 0.15) is 12.2 Å². The van der Waals surface area contributed by atoms with E-state index in [1.165, 1.54) is 12.1 Å². The quantitative estimate of drug-likeness (QED) is 0.449. The summed E-state index contributed by atoms with van der Waals surface area (Å²) >= 11 is 0. The summed E-state index contributed by atoms with van der Waals surface area (Å²) in [5.74, 6) is 1.83. The molecule has 0 spiro atoms. The van der Waals surface area contributed by atoms with Crippen LogP contribution in [0.5, 0.6) is 11.8 Å². The van der Waals surface area contributed by atoms with Gasteiger partial charge in [-0.2, -0.15) is 9.97 Å². The molecule has 3 aromatic heterocycles. The number of aromatic nitrogens is 5. The Morgan fingerprint density at radius 1 is 1.29 bits per heavy atom. The Labute approximate surface area is 177 Å². The highest BCUT2D eigenvalue weighted by Gasteiger charge is 2.27. The van der Waals surface area contributed by atoms with Crippen LogP contribution < -0.4 is 20.7 Å². The van der Waals surface area contributed by atoms with Crippen LogP contribution in [0.15, 0.2) is 24.5 Å². The highest BCUT2D eigenvalue weighted by molar-refractivity contribution is 6.14. The molecule has 1 aromatic carbocycles. The number of nitrogens with one attached hydrogen (secondary N) is 2. The topological polar surface area (TPSA) is 118 Å². The third-order valence-corrected chi connectivity index (χ3v) is 5.64. The Kier molecular flexibility index (Phi) is 4.78. The van der Waals surface area contributed by atoms with Gasteiger partial charge in [0.05, 0.1) is 29.0 Å². The summed E-state index contributed by atoms with van der Waals surface area (Å²) in [6.07, 6.45) is 4.13. The zero-order chi connectivity index (χ0) is 21.5. The summed E-state index contributed by atoms with van der Waals surface area (Å²) in [5.41, 5.74) is 7.88. The van der Waals surface area contributed by atoms with Gasteiger partial charge in [-0.25, -0.2) is 14.4 Å². The number of fused-ring (bicyclic) bond motifs is 3. The van der Waals surface area contributed by atoms with E-state index < -0.39 is 0 Å². The lowest BCUT2D eigenvalue weighted by molar-refractivity contribution is 0.439. The number of hydrogen-bond donors (Lipinski definition) is 3. The van der Waals surface area contributed by atoms with E-state index in [0.29, 0.717) is 41.2 Å². The van der Waals surface area contributed by atoms with Crippen molar-refractivity contribution in [3.05, 3.63) is 36.2 Å². The van der Waals surface area contributed by atoms with Crippen LogP contribution in [0.4, 0.5) is 15.9 Å². The molecule has 9 nitrogen and oxygen atoms in total. The maximum atomic E-state index is 14.4. The fourth-order valence-corrected chi connectivity index (χ4v) is 4.05. The molecule has 1 aliphatic heterocycles. The Hall–Kier alpha value is -3.53. The van der Waals surface area contributed by atoms with Crippen molar-refractivity contribution in [2.24, 2.45) is 11.7 Å². The fourth-order valence-electron chi connectivity index (χ4n) is 4.05. The lowest BCUT2D eigenvalue weighted by Gasteiger charge is -2.19. The van der Waals surface area contributed by atoms with Gasteiger partial charge >= 0.3 is 6.01 Å². The Bertz CT molecular complexity index is 1260. The van der Waals surface area contributed by atoms with Gasteiger partial charge in [0.1, 0.15) is 23.1 Å². The van der Waals surface area contributed by atoms with Gasteiger partial charge in [-0.3, -0.25) is 0 Å². The molecule has 10 heteroatoms. The van der Waals surface area contributed by atoms with Crippen LogP contribution >= 0.6 is 0 Å². The van der Waals surface area contributed by atoms with Crippen molar-refractivity contribution in [3.63, 3.8) is 0 Å². The molecular formula is C21H23FN8O. The van der Waals surface area contributed by atoms with E-state index in [9.17, 15) is 4.39 Å². The number of nitrogens with zero attached hydrogens (tertiary/aromatic N) is 5. The van der Waals surface area contributed by atoms with E-state index in [4.69, 9.17) is 15.5 Å². The van der Waals surface area contributed by atoms with Crippen LogP contribution in [0, 0.1) is 18.7 Å². The van der Waals surface area contributed by atoms with Crippen LogP contribution in [-0.2, 0) is 0 Å². The maximum Gasteiger partial charge on any atom is 0.326 e. The van der Waals surface area contributed by atoms with E-state index >= 15 is 0 Å². The number of nitrogens with two attached hydrogens (primary N) is 1. The molecule has 0 bridgehead atoms. The monoisotopic (exact) mass is 422 g/mol. The SMILES string of the molecule is CNc1cc(F)cc2c1[nH]c1nc(Oc3cnc(C)nc3)nc(N3CC[C@@H](CN)C3)c12. The number of H-pyrrole nitrogens is 1. The van der Waals surface area contributed by atoms with Gasteiger partial charge in [0.15, 0.2) is 5.75 Å². The minimum Gasteiger partial charge on any atom is -0.421 e. The van der Waals surface area contributed by atoms with Crippen molar-refractivity contribution in [1.82, 2.24) is 24.9 Å². The van der Waals surface area contributed by atoms with Gasteiger partial charge in [-0.1, -0.05) is 0 Å². The van der Waals surface area contributed by atoms with Crippen molar-refractivity contribution < 1.29 is 9.13 Å². The number of ether oxygens (including phenoxy) is 1. The first-order chi connectivity index (χ1) is 15.1. The number of benzene rings is 1. The van der Waals surface area contributed by atoms with E-state index in [1.807, 2.05) is 0 Å². The smallest absolute Gasteiger partial charge is 0.326 e. The lowest BCUT2D eigenvalue weighted by Crippen LogP contribution is -2.23. The van der Waals surface area contributed by atoms with Gasteiger partial charge in [-0.15, -0.1) is 0 Å². The summed E-state index contributed by atoms with van der Waals surface area (Å²) in [7, 11) is 1.75. The molecule has 0 amide bonds. The molecule has 1 saturated heterocycles. The predicted octanol–water partition coefficient (Wildman–Crippen LogP) is 2.97. The predicted molar refractivity (Wildman–Crippen MR) is 117 cm³/mol. The molecule has 1 fully saturated rings. The highest BCUT2D eigenvalue weighted by atomic mass is 19.1. The molecule has 1 atom stereocenters. The van der Waals surface area contributed by atoms with E-state index in [1.54, 1.807) is 26.4 Å². The van der Waals surface area contributed by atoms with Crippen LogP contribution in [-0.4, -0.2) is 51.6 Å². The van der Waals surface area contributed by atoms with Crippen molar-refractivity contribution in [1.29, 1.82) is 0 Å². The minimum atomic E-state index is -0.331. The number of aromatic amines is 1. The molecule has 1 aliphatic rings. The Morgan fingerprint density at radius 2 is 2.10 bits per heavy atom. The van der Waals surface area contributed by atoms with Crippen LogP contribution in [0.2, 0.25) is 0 Å². The largest absolute Gasteiger partial charge is 0.421 e. The minimum absolute atomic E-state index is 0.171. The van der Waals surface area contributed by atoms with E-state index in [-0.39, 0.29) is 11.8 Å². The molecule has 31 heavy (non-hydrogen) atoms. The van der Waals surface area contributed by atoms with Gasteiger partial charge in [0, 0.05) is 25.5 Å². The van der Waals surface area contributed by atoms with Crippen LogP contribution in [0.25, 0.3) is 21.9 Å². The Morgan fingerprint density at radius 3 is 2.81 bits per heavy atom. The van der Waals surface area contributed by atoms with Crippen molar-refractivity contribution in [2.75, 3.05) is 36.9 Å². The molecule has 4 heterocycles. The third-order valence-electron chi connectivity index (χ3n) is 5.64. The van der Waals surface area contributed by atoms with Gasteiger partial charge in [0.25, 0.3) is 0 Å². The van der Waals surface area contributed by atoms with Crippen LogP contribution in [0.3, 0.4) is 0 Å². The molecular weight excluding hydrogens is 399 g/mol. The van der Waals surface area contributed by atoms with E-state index in [2.05, 4.69) is 30.2 Å². The van der Waals surface area contributed by atoms with Crippen molar-refractivity contribution in [3.8, 4) is 11.8 Å². The number of hydrogen-bond acceptors (Lipinski definition) is 8. The molecule has 160 valence electrons. The normalized spacial score (nSPS) is 16.4. The van der Waals surface area contributed by atoms with Gasteiger partial charge < -0.3 is 25.7 Å². The van der Waals surface area contributed by atoms with Crippen molar-refractivity contribution in [2.45, 2.75) is 13.3 Å². The molecule has 0 aliphatic carbocycles. The number of anilines is 2. The summed E-state index contributed by atoms with van der Waals surface area (Å²) in [6.45, 7) is 3.99. The second-order valence-corrected chi connectivity index (χ2v) is 7.71. The van der Waals surface area contributed by atoms with Gasteiger partial charge in [-0.05, 0) is 37.9 Å². The lowest BCUT2D eigenvalue weighted by atomic mass is 10.1. The summed E-state index contributed by atoms with van der Waals surface area (Å²) in [4.78, 5) is 23.0. The highest BCUT2D eigenvalue weighted by Crippen LogP contribution is 2.38. The molecule has 4 aromatic rings. The first-order valence-electron chi connectivity index (χ1n) is 10.2. The number of rotatable bonds is 5. The molecule has 0 saturated carbocycles. The summed E-state index contributed by atoms with van der Waals surface area (Å²) < 4.78 is 20.2. The molecule has 0 radical (unpaired) electrons. The fraction of sp³-hybridized carbons (Fsp3) is 0.333. The first-order valence-corrected chi connectivity index (χ1v) is 10.2. The summed E-state index contributed by atoms with van der Waals surface area (Å²) in [5, 5.41) is 4.52. The van der Waals surface area contributed by atoms with Gasteiger partial charge in [0.2, 0.25) is 0 Å². The zero-order valence-corrected chi connectivity index (χ0v) is 17.3. The third kappa shape index (κ3) is 3.48. The maximum absolute atomic E-state index is 14.4. The first kappa shape index (κ1) is 19.4. The standard InChI is InChI=1S/C21H23FN8O/c1-11-25-8-14(9-26-11)31-21-28-19-17(20(29-21)30-4-3-12(7-23)10-30)15-5-13(22)6-16(24-2)18(15)27-19/h5-6,8-9,12,24H,3-4,7,10,23H2,1-2H3,(H,27,28,29)/t12-/m0/s1.